The quantitative estimate of drug-likeness (QED) is 0.704. The van der Waals surface area contributed by atoms with Gasteiger partial charge in [-0.1, -0.05) is 27.7 Å². The van der Waals surface area contributed by atoms with Gasteiger partial charge in [-0.15, -0.1) is 0 Å². The van der Waals surface area contributed by atoms with E-state index < -0.39 is 0 Å². The van der Waals surface area contributed by atoms with E-state index in [9.17, 15) is 0 Å². The highest BCUT2D eigenvalue weighted by Crippen LogP contribution is 2.29. The molecular formula is C17H36N2O. The molecule has 0 heterocycles. The molecule has 3 nitrogen and oxygen atoms in total. The molecule has 1 saturated carbocycles. The minimum atomic E-state index is 0.716. The molecule has 3 heteroatoms. The Morgan fingerprint density at radius 2 is 2.05 bits per heavy atom. The molecule has 3 unspecified atom stereocenters. The summed E-state index contributed by atoms with van der Waals surface area (Å²) >= 11 is 0. The third-order valence-electron chi connectivity index (χ3n) is 4.44. The highest BCUT2D eigenvalue weighted by atomic mass is 16.5. The first-order valence-corrected chi connectivity index (χ1v) is 8.51. The predicted octanol–water partition coefficient (Wildman–Crippen LogP) is 3.01. The van der Waals surface area contributed by atoms with Crippen LogP contribution in [0.4, 0.5) is 0 Å². The zero-order valence-corrected chi connectivity index (χ0v) is 14.3. The molecule has 0 aromatic carbocycles. The number of nitrogens with zero attached hydrogens (tertiary/aromatic N) is 1. The summed E-state index contributed by atoms with van der Waals surface area (Å²) < 4.78 is 5.28. The van der Waals surface area contributed by atoms with E-state index in [1.807, 2.05) is 0 Å². The van der Waals surface area contributed by atoms with Crippen LogP contribution in [-0.2, 0) is 4.74 Å². The van der Waals surface area contributed by atoms with Gasteiger partial charge >= 0.3 is 0 Å². The molecule has 0 saturated heterocycles. The lowest BCUT2D eigenvalue weighted by atomic mass is 9.78. The normalized spacial score (nSPS) is 27.4. The van der Waals surface area contributed by atoms with E-state index in [0.29, 0.717) is 6.04 Å². The summed E-state index contributed by atoms with van der Waals surface area (Å²) in [6, 6.07) is 0.716. The predicted molar refractivity (Wildman–Crippen MR) is 87.1 cm³/mol. The Morgan fingerprint density at radius 3 is 2.65 bits per heavy atom. The maximum absolute atomic E-state index is 5.28. The Morgan fingerprint density at radius 1 is 1.30 bits per heavy atom. The van der Waals surface area contributed by atoms with Crippen LogP contribution in [0.5, 0.6) is 0 Å². The maximum Gasteiger partial charge on any atom is 0.0589 e. The second-order valence-corrected chi connectivity index (χ2v) is 6.99. The molecule has 20 heavy (non-hydrogen) atoms. The monoisotopic (exact) mass is 284 g/mol. The summed E-state index contributed by atoms with van der Waals surface area (Å²) in [5.41, 5.74) is 0. The maximum atomic E-state index is 5.28. The topological polar surface area (TPSA) is 24.5 Å². The summed E-state index contributed by atoms with van der Waals surface area (Å²) in [5, 5.41) is 3.71. The molecule has 1 fully saturated rings. The van der Waals surface area contributed by atoms with Crippen LogP contribution >= 0.6 is 0 Å². The van der Waals surface area contributed by atoms with Crippen LogP contribution in [0.2, 0.25) is 0 Å². The van der Waals surface area contributed by atoms with E-state index in [2.05, 4.69) is 37.9 Å². The molecular weight excluding hydrogens is 248 g/mol. The lowest BCUT2D eigenvalue weighted by Crippen LogP contribution is -2.46. The number of nitrogens with one attached hydrogen (secondary N) is 1. The Kier molecular flexibility index (Phi) is 8.74. The van der Waals surface area contributed by atoms with Crippen LogP contribution in [0, 0.1) is 17.8 Å². The van der Waals surface area contributed by atoms with Crippen LogP contribution in [0.3, 0.4) is 0 Å². The standard InChI is InChI=1S/C17H36N2O/c1-6-18-17-8-7-15(4)11-16(17)13-19(9-10-20-5)12-14(2)3/h14-18H,6-13H2,1-5H3. The van der Waals surface area contributed by atoms with Gasteiger partial charge in [0.15, 0.2) is 0 Å². The molecule has 0 aromatic heterocycles. The van der Waals surface area contributed by atoms with Crippen molar-refractivity contribution in [3.8, 4) is 0 Å². The fourth-order valence-electron chi connectivity index (χ4n) is 3.56. The van der Waals surface area contributed by atoms with Crippen molar-refractivity contribution in [3.05, 3.63) is 0 Å². The van der Waals surface area contributed by atoms with Gasteiger partial charge in [0, 0.05) is 32.8 Å². The molecule has 0 bridgehead atoms. The van der Waals surface area contributed by atoms with Gasteiger partial charge < -0.3 is 15.0 Å². The van der Waals surface area contributed by atoms with E-state index in [-0.39, 0.29) is 0 Å². The van der Waals surface area contributed by atoms with Gasteiger partial charge in [0.2, 0.25) is 0 Å². The van der Waals surface area contributed by atoms with E-state index in [0.717, 1.165) is 37.5 Å². The van der Waals surface area contributed by atoms with Crippen molar-refractivity contribution < 1.29 is 4.74 Å². The van der Waals surface area contributed by atoms with Crippen LogP contribution in [-0.4, -0.2) is 50.8 Å². The number of hydrogen-bond donors (Lipinski definition) is 1. The van der Waals surface area contributed by atoms with Crippen molar-refractivity contribution in [2.45, 2.75) is 53.0 Å². The summed E-state index contributed by atoms with van der Waals surface area (Å²) in [4.78, 5) is 2.61. The summed E-state index contributed by atoms with van der Waals surface area (Å²) in [5.74, 6) is 2.41. The Labute approximate surface area is 126 Å². The molecule has 1 aliphatic rings. The molecule has 0 spiro atoms. The van der Waals surface area contributed by atoms with Gasteiger partial charge in [-0.3, -0.25) is 0 Å². The first-order chi connectivity index (χ1) is 9.56. The van der Waals surface area contributed by atoms with E-state index in [4.69, 9.17) is 4.74 Å². The molecule has 0 amide bonds. The van der Waals surface area contributed by atoms with Gasteiger partial charge in [0.1, 0.15) is 0 Å². The van der Waals surface area contributed by atoms with E-state index in [1.165, 1.54) is 32.4 Å². The second-order valence-electron chi connectivity index (χ2n) is 6.99. The van der Waals surface area contributed by atoms with E-state index >= 15 is 0 Å². The van der Waals surface area contributed by atoms with Crippen LogP contribution in [0.15, 0.2) is 0 Å². The smallest absolute Gasteiger partial charge is 0.0589 e. The Balaban J connectivity index is 2.56. The molecule has 120 valence electrons. The van der Waals surface area contributed by atoms with Gasteiger partial charge in [0.05, 0.1) is 6.61 Å². The van der Waals surface area contributed by atoms with Gasteiger partial charge in [-0.2, -0.15) is 0 Å². The molecule has 0 aromatic rings. The highest BCUT2D eigenvalue weighted by Gasteiger charge is 2.29. The third-order valence-corrected chi connectivity index (χ3v) is 4.44. The zero-order valence-electron chi connectivity index (χ0n) is 14.3. The highest BCUT2D eigenvalue weighted by molar-refractivity contribution is 4.85. The zero-order chi connectivity index (χ0) is 15.0. The average molecular weight is 284 g/mol. The van der Waals surface area contributed by atoms with Gasteiger partial charge in [0.25, 0.3) is 0 Å². The molecule has 3 atom stereocenters. The van der Waals surface area contributed by atoms with Crippen LogP contribution in [0.1, 0.15) is 47.0 Å². The first-order valence-electron chi connectivity index (χ1n) is 8.51. The van der Waals surface area contributed by atoms with Gasteiger partial charge in [-0.05, 0) is 43.6 Å². The number of ether oxygens (including phenoxy) is 1. The average Bonchev–Trinajstić information content (AvgIpc) is 2.38. The van der Waals surface area contributed by atoms with Crippen molar-refractivity contribution in [1.82, 2.24) is 10.2 Å². The lowest BCUT2D eigenvalue weighted by molar-refractivity contribution is 0.102. The van der Waals surface area contributed by atoms with Gasteiger partial charge in [-0.25, -0.2) is 0 Å². The lowest BCUT2D eigenvalue weighted by Gasteiger charge is -2.39. The fraction of sp³-hybridized carbons (Fsp3) is 1.00. The van der Waals surface area contributed by atoms with Crippen molar-refractivity contribution in [2.75, 3.05) is 39.9 Å². The van der Waals surface area contributed by atoms with Crippen LogP contribution in [0.25, 0.3) is 0 Å². The Hall–Kier alpha value is -0.120. The van der Waals surface area contributed by atoms with Crippen molar-refractivity contribution in [2.24, 2.45) is 17.8 Å². The minimum Gasteiger partial charge on any atom is -0.383 e. The Bertz CT molecular complexity index is 245. The van der Waals surface area contributed by atoms with Crippen molar-refractivity contribution >= 4 is 0 Å². The van der Waals surface area contributed by atoms with Crippen molar-refractivity contribution in [3.63, 3.8) is 0 Å². The van der Waals surface area contributed by atoms with Crippen LogP contribution < -0.4 is 5.32 Å². The minimum absolute atomic E-state index is 0.716. The molecule has 1 rings (SSSR count). The molecule has 1 aliphatic carbocycles. The number of hydrogen-bond acceptors (Lipinski definition) is 3. The number of methoxy groups -OCH3 is 1. The number of rotatable bonds is 9. The molecule has 1 N–H and O–H groups in total. The molecule has 0 aliphatic heterocycles. The van der Waals surface area contributed by atoms with Crippen molar-refractivity contribution in [1.29, 1.82) is 0 Å². The van der Waals surface area contributed by atoms with E-state index in [1.54, 1.807) is 7.11 Å². The molecule has 0 radical (unpaired) electrons. The SMILES string of the molecule is CCNC1CCC(C)CC1CN(CCOC)CC(C)C. The summed E-state index contributed by atoms with van der Waals surface area (Å²) in [6.45, 7) is 14.7. The third kappa shape index (κ3) is 6.55. The first kappa shape index (κ1) is 17.9. The summed E-state index contributed by atoms with van der Waals surface area (Å²) in [7, 11) is 1.80. The second kappa shape index (κ2) is 9.75. The largest absolute Gasteiger partial charge is 0.383 e. The summed E-state index contributed by atoms with van der Waals surface area (Å²) in [6.07, 6.45) is 4.11. The fourth-order valence-corrected chi connectivity index (χ4v) is 3.56.